The van der Waals surface area contributed by atoms with Crippen LogP contribution in [0.2, 0.25) is 0 Å². The SMILES string of the molecule is CCCC1CCC(NCC)C(SCCO)C1. The molecule has 0 aliphatic heterocycles. The summed E-state index contributed by atoms with van der Waals surface area (Å²) in [6.45, 7) is 5.86. The van der Waals surface area contributed by atoms with Crippen molar-refractivity contribution in [2.75, 3.05) is 18.9 Å². The van der Waals surface area contributed by atoms with Crippen molar-refractivity contribution >= 4 is 11.8 Å². The van der Waals surface area contributed by atoms with E-state index < -0.39 is 0 Å². The van der Waals surface area contributed by atoms with Crippen LogP contribution >= 0.6 is 11.8 Å². The Morgan fingerprint density at radius 2 is 2.12 bits per heavy atom. The van der Waals surface area contributed by atoms with Crippen molar-refractivity contribution in [3.05, 3.63) is 0 Å². The molecule has 96 valence electrons. The van der Waals surface area contributed by atoms with Crippen molar-refractivity contribution < 1.29 is 5.11 Å². The molecule has 1 aliphatic carbocycles. The molecule has 0 bridgehead atoms. The standard InChI is InChI=1S/C13H27NOS/c1-3-5-11-6-7-12(14-4-2)13(10-11)16-9-8-15/h11-15H,3-10H2,1-2H3. The Morgan fingerprint density at radius 1 is 1.31 bits per heavy atom. The van der Waals surface area contributed by atoms with Gasteiger partial charge in [0.1, 0.15) is 0 Å². The van der Waals surface area contributed by atoms with E-state index in [1.54, 1.807) is 0 Å². The van der Waals surface area contributed by atoms with Crippen LogP contribution in [0, 0.1) is 5.92 Å². The molecule has 0 saturated heterocycles. The molecule has 1 aliphatic rings. The minimum Gasteiger partial charge on any atom is -0.396 e. The predicted molar refractivity (Wildman–Crippen MR) is 73.0 cm³/mol. The molecule has 16 heavy (non-hydrogen) atoms. The summed E-state index contributed by atoms with van der Waals surface area (Å²) in [5.74, 6) is 1.82. The lowest BCUT2D eigenvalue weighted by Crippen LogP contribution is -2.42. The monoisotopic (exact) mass is 245 g/mol. The maximum Gasteiger partial charge on any atom is 0.0521 e. The first kappa shape index (κ1) is 14.3. The Hall–Kier alpha value is 0.270. The van der Waals surface area contributed by atoms with Gasteiger partial charge >= 0.3 is 0 Å². The molecule has 2 N–H and O–H groups in total. The summed E-state index contributed by atoms with van der Waals surface area (Å²) in [5, 5.41) is 13.3. The van der Waals surface area contributed by atoms with Gasteiger partial charge in [-0.3, -0.25) is 0 Å². The molecule has 0 aromatic heterocycles. The maximum absolute atomic E-state index is 8.94. The quantitative estimate of drug-likeness (QED) is 0.723. The van der Waals surface area contributed by atoms with Crippen molar-refractivity contribution in [2.45, 2.75) is 57.2 Å². The van der Waals surface area contributed by atoms with E-state index in [1.807, 2.05) is 11.8 Å². The molecule has 1 rings (SSSR count). The molecule has 0 aromatic rings. The second kappa shape index (κ2) is 8.37. The fourth-order valence-electron chi connectivity index (χ4n) is 2.77. The highest BCUT2D eigenvalue weighted by molar-refractivity contribution is 7.99. The molecule has 1 fully saturated rings. The van der Waals surface area contributed by atoms with Crippen LogP contribution in [0.25, 0.3) is 0 Å². The zero-order chi connectivity index (χ0) is 11.8. The van der Waals surface area contributed by atoms with Crippen LogP contribution in [-0.2, 0) is 0 Å². The van der Waals surface area contributed by atoms with Crippen molar-refractivity contribution in [1.29, 1.82) is 0 Å². The molecule has 3 unspecified atom stereocenters. The normalized spacial score (nSPS) is 30.6. The van der Waals surface area contributed by atoms with E-state index in [0.717, 1.165) is 23.5 Å². The maximum atomic E-state index is 8.94. The summed E-state index contributed by atoms with van der Waals surface area (Å²) in [6.07, 6.45) is 6.75. The molecular weight excluding hydrogens is 218 g/mol. The summed E-state index contributed by atoms with van der Waals surface area (Å²) in [6, 6.07) is 0.676. The summed E-state index contributed by atoms with van der Waals surface area (Å²) >= 11 is 1.96. The molecular formula is C13H27NOS. The molecule has 0 amide bonds. The average Bonchev–Trinajstić information content (AvgIpc) is 2.30. The summed E-state index contributed by atoms with van der Waals surface area (Å²) in [4.78, 5) is 0. The highest BCUT2D eigenvalue weighted by Gasteiger charge is 2.29. The topological polar surface area (TPSA) is 32.3 Å². The van der Waals surface area contributed by atoms with E-state index in [0.29, 0.717) is 12.6 Å². The lowest BCUT2D eigenvalue weighted by molar-refractivity contribution is 0.288. The first-order valence-electron chi connectivity index (χ1n) is 6.77. The molecule has 0 aromatic carbocycles. The van der Waals surface area contributed by atoms with Gasteiger partial charge in [0.05, 0.1) is 6.61 Å². The van der Waals surface area contributed by atoms with Crippen LogP contribution < -0.4 is 5.32 Å². The van der Waals surface area contributed by atoms with E-state index in [9.17, 15) is 0 Å². The number of rotatable bonds is 7. The van der Waals surface area contributed by atoms with E-state index in [1.165, 1.54) is 32.1 Å². The van der Waals surface area contributed by atoms with Crippen molar-refractivity contribution in [3.63, 3.8) is 0 Å². The number of hydrogen-bond acceptors (Lipinski definition) is 3. The molecule has 0 spiro atoms. The number of aliphatic hydroxyl groups excluding tert-OH is 1. The highest BCUT2D eigenvalue weighted by atomic mass is 32.2. The smallest absolute Gasteiger partial charge is 0.0521 e. The molecule has 3 atom stereocenters. The van der Waals surface area contributed by atoms with E-state index in [4.69, 9.17) is 5.11 Å². The van der Waals surface area contributed by atoms with Crippen LogP contribution in [-0.4, -0.2) is 35.3 Å². The minimum absolute atomic E-state index is 0.318. The third-order valence-electron chi connectivity index (χ3n) is 3.49. The third-order valence-corrected chi connectivity index (χ3v) is 4.85. The fraction of sp³-hybridized carbons (Fsp3) is 1.00. The molecule has 1 saturated carbocycles. The van der Waals surface area contributed by atoms with Crippen molar-refractivity contribution in [2.24, 2.45) is 5.92 Å². The van der Waals surface area contributed by atoms with Gasteiger partial charge < -0.3 is 10.4 Å². The highest BCUT2D eigenvalue weighted by Crippen LogP contribution is 2.34. The van der Waals surface area contributed by atoms with E-state index in [-0.39, 0.29) is 0 Å². The Bertz CT molecular complexity index is 177. The van der Waals surface area contributed by atoms with Crippen LogP contribution in [0.15, 0.2) is 0 Å². The lowest BCUT2D eigenvalue weighted by Gasteiger charge is -2.36. The van der Waals surface area contributed by atoms with Crippen LogP contribution in [0.1, 0.15) is 46.0 Å². The number of hydrogen-bond donors (Lipinski definition) is 2. The molecule has 0 radical (unpaired) electrons. The summed E-state index contributed by atoms with van der Waals surface area (Å²) in [7, 11) is 0. The Labute approximate surface area is 105 Å². The summed E-state index contributed by atoms with van der Waals surface area (Å²) < 4.78 is 0. The zero-order valence-corrected chi connectivity index (χ0v) is 11.6. The molecule has 3 heteroatoms. The van der Waals surface area contributed by atoms with Gasteiger partial charge in [-0.1, -0.05) is 26.7 Å². The minimum atomic E-state index is 0.318. The van der Waals surface area contributed by atoms with Crippen LogP contribution in [0.4, 0.5) is 0 Å². The van der Waals surface area contributed by atoms with Gasteiger partial charge in [-0.15, -0.1) is 0 Å². The summed E-state index contributed by atoms with van der Waals surface area (Å²) in [5.41, 5.74) is 0. The number of thioether (sulfide) groups is 1. The average molecular weight is 245 g/mol. The second-order valence-electron chi connectivity index (χ2n) is 4.76. The van der Waals surface area contributed by atoms with Crippen molar-refractivity contribution in [1.82, 2.24) is 5.32 Å². The Balaban J connectivity index is 2.40. The van der Waals surface area contributed by atoms with Gasteiger partial charge in [-0.25, -0.2) is 0 Å². The van der Waals surface area contributed by atoms with Gasteiger partial charge in [0.25, 0.3) is 0 Å². The van der Waals surface area contributed by atoms with Crippen LogP contribution in [0.3, 0.4) is 0 Å². The second-order valence-corrected chi connectivity index (χ2v) is 6.11. The third kappa shape index (κ3) is 4.64. The zero-order valence-electron chi connectivity index (χ0n) is 10.7. The van der Waals surface area contributed by atoms with E-state index in [2.05, 4.69) is 19.2 Å². The van der Waals surface area contributed by atoms with Gasteiger partial charge in [-0.05, 0) is 31.7 Å². The van der Waals surface area contributed by atoms with Gasteiger partial charge in [0, 0.05) is 17.0 Å². The largest absolute Gasteiger partial charge is 0.396 e. The Kier molecular flexibility index (Phi) is 7.50. The number of aliphatic hydroxyl groups is 1. The van der Waals surface area contributed by atoms with Crippen molar-refractivity contribution in [3.8, 4) is 0 Å². The first-order chi connectivity index (χ1) is 7.81. The molecule has 2 nitrogen and oxygen atoms in total. The van der Waals surface area contributed by atoms with Gasteiger partial charge in [-0.2, -0.15) is 11.8 Å². The predicted octanol–water partition coefficient (Wildman–Crippen LogP) is 2.66. The Morgan fingerprint density at radius 3 is 2.75 bits per heavy atom. The van der Waals surface area contributed by atoms with Crippen LogP contribution in [0.5, 0.6) is 0 Å². The first-order valence-corrected chi connectivity index (χ1v) is 7.82. The van der Waals surface area contributed by atoms with E-state index >= 15 is 0 Å². The number of nitrogens with one attached hydrogen (secondary N) is 1. The fourth-order valence-corrected chi connectivity index (χ4v) is 4.05. The van der Waals surface area contributed by atoms with Gasteiger partial charge in [0.15, 0.2) is 0 Å². The van der Waals surface area contributed by atoms with Gasteiger partial charge in [0.2, 0.25) is 0 Å². The molecule has 0 heterocycles. The lowest BCUT2D eigenvalue weighted by atomic mass is 9.83.